The summed E-state index contributed by atoms with van der Waals surface area (Å²) in [5.74, 6) is 0.341. The first-order valence-corrected chi connectivity index (χ1v) is 6.59. The van der Waals surface area contributed by atoms with Crippen LogP contribution in [0.15, 0.2) is 42.9 Å². The molecule has 0 atom stereocenters. The van der Waals surface area contributed by atoms with Crippen LogP contribution in [-0.2, 0) is 6.54 Å². The number of pyridine rings is 1. The van der Waals surface area contributed by atoms with E-state index in [0.29, 0.717) is 23.6 Å². The first kappa shape index (κ1) is 14.0. The fraction of sp³-hybridized carbons (Fsp3) is 0.133. The second kappa shape index (κ2) is 5.80. The van der Waals surface area contributed by atoms with Crippen molar-refractivity contribution in [2.75, 3.05) is 12.8 Å². The van der Waals surface area contributed by atoms with E-state index in [0.717, 1.165) is 5.56 Å². The molecule has 0 spiro atoms. The SMILES string of the molecule is COc1ncc(Cn2cnc(N)n2)cc1-c1cccc(F)c1. The molecule has 0 radical (unpaired) electrons. The highest BCUT2D eigenvalue weighted by atomic mass is 19.1. The van der Waals surface area contributed by atoms with Crippen molar-refractivity contribution in [2.45, 2.75) is 6.54 Å². The van der Waals surface area contributed by atoms with Gasteiger partial charge in [0.15, 0.2) is 0 Å². The van der Waals surface area contributed by atoms with E-state index in [9.17, 15) is 4.39 Å². The van der Waals surface area contributed by atoms with E-state index in [4.69, 9.17) is 10.5 Å². The molecule has 2 N–H and O–H groups in total. The van der Waals surface area contributed by atoms with Crippen LogP contribution >= 0.6 is 0 Å². The molecule has 2 heterocycles. The number of ether oxygens (including phenoxy) is 1. The van der Waals surface area contributed by atoms with Gasteiger partial charge >= 0.3 is 0 Å². The number of nitrogen functional groups attached to an aromatic ring is 1. The smallest absolute Gasteiger partial charge is 0.239 e. The summed E-state index contributed by atoms with van der Waals surface area (Å²) in [7, 11) is 1.53. The topological polar surface area (TPSA) is 78.8 Å². The molecule has 0 fully saturated rings. The summed E-state index contributed by atoms with van der Waals surface area (Å²) < 4.78 is 20.3. The summed E-state index contributed by atoms with van der Waals surface area (Å²) in [4.78, 5) is 8.14. The van der Waals surface area contributed by atoms with Gasteiger partial charge in [0.05, 0.1) is 13.7 Å². The summed E-state index contributed by atoms with van der Waals surface area (Å²) >= 11 is 0. The van der Waals surface area contributed by atoms with Crippen molar-refractivity contribution in [3.63, 3.8) is 0 Å². The summed E-state index contributed by atoms with van der Waals surface area (Å²) in [5.41, 5.74) is 7.79. The highest BCUT2D eigenvalue weighted by molar-refractivity contribution is 5.69. The highest BCUT2D eigenvalue weighted by Gasteiger charge is 2.10. The predicted molar refractivity (Wildman–Crippen MR) is 79.7 cm³/mol. The van der Waals surface area contributed by atoms with E-state index >= 15 is 0 Å². The predicted octanol–water partition coefficient (Wildman–Crippen LogP) is 2.12. The van der Waals surface area contributed by atoms with E-state index in [-0.39, 0.29) is 11.8 Å². The van der Waals surface area contributed by atoms with Gasteiger partial charge in [-0.1, -0.05) is 12.1 Å². The number of benzene rings is 1. The molecule has 0 unspecified atom stereocenters. The molecule has 112 valence electrons. The van der Waals surface area contributed by atoms with Crippen LogP contribution in [-0.4, -0.2) is 26.9 Å². The molecule has 1 aromatic carbocycles. The number of hydrogen-bond donors (Lipinski definition) is 1. The lowest BCUT2D eigenvalue weighted by atomic mass is 10.1. The molecule has 0 aliphatic rings. The number of aromatic nitrogens is 4. The lowest BCUT2D eigenvalue weighted by molar-refractivity contribution is 0.399. The molecule has 0 saturated carbocycles. The van der Waals surface area contributed by atoms with E-state index in [2.05, 4.69) is 15.1 Å². The number of anilines is 1. The van der Waals surface area contributed by atoms with Crippen molar-refractivity contribution >= 4 is 5.95 Å². The molecule has 6 nitrogen and oxygen atoms in total. The summed E-state index contributed by atoms with van der Waals surface area (Å²) in [6.07, 6.45) is 3.22. The quantitative estimate of drug-likeness (QED) is 0.798. The summed E-state index contributed by atoms with van der Waals surface area (Å²) in [5, 5.41) is 4.03. The van der Waals surface area contributed by atoms with Crippen LogP contribution in [0, 0.1) is 5.82 Å². The number of nitrogens with two attached hydrogens (primary N) is 1. The van der Waals surface area contributed by atoms with Crippen LogP contribution in [0.4, 0.5) is 10.3 Å². The zero-order valence-corrected chi connectivity index (χ0v) is 11.9. The van der Waals surface area contributed by atoms with Gasteiger partial charge in [0, 0.05) is 11.8 Å². The Morgan fingerprint density at radius 3 is 2.82 bits per heavy atom. The van der Waals surface area contributed by atoms with Crippen LogP contribution in [0.25, 0.3) is 11.1 Å². The maximum absolute atomic E-state index is 13.4. The van der Waals surface area contributed by atoms with E-state index < -0.39 is 0 Å². The monoisotopic (exact) mass is 299 g/mol. The molecule has 0 aliphatic carbocycles. The molecule has 0 amide bonds. The second-order valence-electron chi connectivity index (χ2n) is 4.71. The van der Waals surface area contributed by atoms with Gasteiger partial charge in [0.25, 0.3) is 0 Å². The van der Waals surface area contributed by atoms with Crippen LogP contribution in [0.3, 0.4) is 0 Å². The second-order valence-corrected chi connectivity index (χ2v) is 4.71. The third-order valence-corrected chi connectivity index (χ3v) is 3.14. The van der Waals surface area contributed by atoms with Gasteiger partial charge in [-0.15, -0.1) is 5.10 Å². The standard InChI is InChI=1S/C15H14FN5O/c1-22-14-13(11-3-2-4-12(16)6-11)5-10(7-18-14)8-21-9-19-15(17)20-21/h2-7,9H,8H2,1H3,(H2,17,20). The van der Waals surface area contributed by atoms with Crippen molar-refractivity contribution in [3.8, 4) is 17.0 Å². The van der Waals surface area contributed by atoms with Gasteiger partial charge in [-0.3, -0.25) is 0 Å². The Balaban J connectivity index is 1.99. The molecule has 0 saturated heterocycles. The number of nitrogens with zero attached hydrogens (tertiary/aromatic N) is 4. The molecule has 0 bridgehead atoms. The average Bonchev–Trinajstić information content (AvgIpc) is 2.92. The van der Waals surface area contributed by atoms with Gasteiger partial charge in [-0.05, 0) is 29.3 Å². The first-order valence-electron chi connectivity index (χ1n) is 6.59. The lowest BCUT2D eigenvalue weighted by Crippen LogP contribution is -2.03. The van der Waals surface area contributed by atoms with Crippen molar-refractivity contribution < 1.29 is 9.13 Å². The van der Waals surface area contributed by atoms with Gasteiger partial charge in [0.2, 0.25) is 11.8 Å². The lowest BCUT2D eigenvalue weighted by Gasteiger charge is -2.10. The zero-order valence-electron chi connectivity index (χ0n) is 11.9. The van der Waals surface area contributed by atoms with E-state index in [1.165, 1.54) is 19.2 Å². The number of hydrogen-bond acceptors (Lipinski definition) is 5. The summed E-state index contributed by atoms with van der Waals surface area (Å²) in [6.45, 7) is 0.462. The maximum atomic E-state index is 13.4. The molecule has 3 aromatic rings. The third kappa shape index (κ3) is 2.88. The van der Waals surface area contributed by atoms with Crippen LogP contribution in [0.2, 0.25) is 0 Å². The Hall–Kier alpha value is -2.96. The fourth-order valence-corrected chi connectivity index (χ4v) is 2.18. The Bertz CT molecular complexity index is 802. The molecule has 7 heteroatoms. The first-order chi connectivity index (χ1) is 10.7. The molecule has 2 aromatic heterocycles. The van der Waals surface area contributed by atoms with E-state index in [1.807, 2.05) is 6.07 Å². The summed E-state index contributed by atoms with van der Waals surface area (Å²) in [6, 6.07) is 8.18. The van der Waals surface area contributed by atoms with Gasteiger partial charge in [-0.2, -0.15) is 0 Å². The van der Waals surface area contributed by atoms with Crippen molar-refractivity contribution in [1.82, 2.24) is 19.7 Å². The van der Waals surface area contributed by atoms with Gasteiger partial charge in [0.1, 0.15) is 12.1 Å². The van der Waals surface area contributed by atoms with Crippen molar-refractivity contribution in [3.05, 3.63) is 54.2 Å². The largest absolute Gasteiger partial charge is 0.481 e. The molecule has 22 heavy (non-hydrogen) atoms. The minimum atomic E-state index is -0.311. The Morgan fingerprint density at radius 2 is 2.14 bits per heavy atom. The number of rotatable bonds is 4. The molecular formula is C15H14FN5O. The Labute approximate surface area is 126 Å². The maximum Gasteiger partial charge on any atom is 0.239 e. The number of methoxy groups -OCH3 is 1. The highest BCUT2D eigenvalue weighted by Crippen LogP contribution is 2.29. The Morgan fingerprint density at radius 1 is 1.27 bits per heavy atom. The third-order valence-electron chi connectivity index (χ3n) is 3.14. The molecule has 3 rings (SSSR count). The molecule has 0 aliphatic heterocycles. The van der Waals surface area contributed by atoms with E-state index in [1.54, 1.807) is 29.3 Å². The average molecular weight is 299 g/mol. The molecular weight excluding hydrogens is 285 g/mol. The van der Waals surface area contributed by atoms with Crippen molar-refractivity contribution in [1.29, 1.82) is 0 Å². The minimum Gasteiger partial charge on any atom is -0.481 e. The Kier molecular flexibility index (Phi) is 3.69. The normalized spacial score (nSPS) is 10.6. The number of halogens is 1. The van der Waals surface area contributed by atoms with Crippen LogP contribution in [0.5, 0.6) is 5.88 Å². The van der Waals surface area contributed by atoms with Gasteiger partial charge in [-0.25, -0.2) is 19.0 Å². The minimum absolute atomic E-state index is 0.215. The van der Waals surface area contributed by atoms with Gasteiger partial charge < -0.3 is 10.5 Å². The fourth-order valence-electron chi connectivity index (χ4n) is 2.18. The zero-order chi connectivity index (χ0) is 15.5. The van der Waals surface area contributed by atoms with Crippen LogP contribution in [0.1, 0.15) is 5.56 Å². The van der Waals surface area contributed by atoms with Crippen molar-refractivity contribution in [2.24, 2.45) is 0 Å². The van der Waals surface area contributed by atoms with Crippen LogP contribution < -0.4 is 10.5 Å².